The number of benzene rings is 7. The van der Waals surface area contributed by atoms with Gasteiger partial charge in [-0.1, -0.05) is 189 Å². The topological polar surface area (TPSA) is 120 Å². The molecule has 0 amide bonds. The Morgan fingerprint density at radius 1 is 0.280 bits per heavy atom. The van der Waals surface area contributed by atoms with Crippen molar-refractivity contribution >= 4 is 44.3 Å². The summed E-state index contributed by atoms with van der Waals surface area (Å²) in [5.41, 5.74) is 19.7. The Labute approximate surface area is 511 Å². The second-order valence-electron chi connectivity index (χ2n) is 23.0. The molecule has 82 heavy (non-hydrogen) atoms. The maximum atomic E-state index is 11.8. The molecule has 0 aliphatic rings. The molecular formula is C72H86Co2N6O2. The summed E-state index contributed by atoms with van der Waals surface area (Å²) in [4.78, 5) is 10.1. The molecule has 0 spiro atoms. The average Bonchev–Trinajstić information content (AvgIpc) is 3.65. The molecule has 0 fully saturated rings. The zero-order chi connectivity index (χ0) is 57.9. The summed E-state index contributed by atoms with van der Waals surface area (Å²) in [6.45, 7) is 35.4. The molecule has 0 radical (unpaired) electrons. The Morgan fingerprint density at radius 2 is 0.488 bits per heavy atom. The zero-order valence-corrected chi connectivity index (χ0v) is 53.1. The summed E-state index contributed by atoms with van der Waals surface area (Å²) in [5, 5.41) is 41.3. The van der Waals surface area contributed by atoms with Gasteiger partial charge in [-0.2, -0.15) is 0 Å². The first kappa shape index (κ1) is 66.0. The van der Waals surface area contributed by atoms with Crippen LogP contribution < -0.4 is 31.5 Å². The van der Waals surface area contributed by atoms with Crippen LogP contribution in [0.5, 0.6) is 11.5 Å². The van der Waals surface area contributed by atoms with Crippen molar-refractivity contribution in [2.24, 2.45) is 0 Å². The summed E-state index contributed by atoms with van der Waals surface area (Å²) in [7, 11) is 0. The van der Waals surface area contributed by atoms with Crippen molar-refractivity contribution in [3.63, 3.8) is 0 Å². The minimum atomic E-state index is -0.408. The minimum Gasteiger partial charge on any atom is -0.872 e. The second kappa shape index (κ2) is 29.9. The number of rotatable bonds is 16. The first-order valence-corrected chi connectivity index (χ1v) is 28.8. The van der Waals surface area contributed by atoms with E-state index in [9.17, 15) is 10.2 Å². The monoisotopic (exact) mass is 1180 g/mol. The fraction of sp³-hybridized carbons (Fsp3) is 0.333. The second-order valence-corrected chi connectivity index (χ2v) is 23.0. The van der Waals surface area contributed by atoms with Gasteiger partial charge >= 0.3 is 33.6 Å². The van der Waals surface area contributed by atoms with Crippen LogP contribution in [0.1, 0.15) is 198 Å². The first-order chi connectivity index (χ1) is 38.2. The van der Waals surface area contributed by atoms with Crippen molar-refractivity contribution in [3.8, 4) is 11.5 Å². The number of aromatic nitrogens is 2. The summed E-state index contributed by atoms with van der Waals surface area (Å²) in [6.07, 6.45) is 0. The van der Waals surface area contributed by atoms with E-state index in [2.05, 4.69) is 241 Å². The van der Waals surface area contributed by atoms with Crippen LogP contribution in [0.4, 0.5) is 22.7 Å². The van der Waals surface area contributed by atoms with Crippen LogP contribution in [0, 0.1) is 27.7 Å². The number of fused-ring (bicyclic) bond motifs is 3. The van der Waals surface area contributed by atoms with E-state index in [0.29, 0.717) is 34.4 Å². The van der Waals surface area contributed by atoms with E-state index < -0.39 is 11.5 Å². The van der Waals surface area contributed by atoms with Gasteiger partial charge in [0.1, 0.15) is 0 Å². The number of pyridine rings is 2. The quantitative estimate of drug-likeness (QED) is 0.0706. The molecule has 9 aromatic rings. The fourth-order valence-corrected chi connectivity index (χ4v) is 10.6. The maximum Gasteiger partial charge on any atom is 1.00 e. The first-order valence-electron chi connectivity index (χ1n) is 28.8. The fourth-order valence-electron chi connectivity index (χ4n) is 10.6. The van der Waals surface area contributed by atoms with Crippen LogP contribution in [-0.2, 0) is 33.6 Å². The maximum absolute atomic E-state index is 11.8. The van der Waals surface area contributed by atoms with Gasteiger partial charge in [0.25, 0.3) is 0 Å². The van der Waals surface area contributed by atoms with Crippen LogP contribution in [0.2, 0.25) is 0 Å². The summed E-state index contributed by atoms with van der Waals surface area (Å²) < 4.78 is 0. The number of hydrogen-bond donors (Lipinski definition) is 4. The van der Waals surface area contributed by atoms with Crippen molar-refractivity contribution in [2.75, 3.05) is 21.3 Å². The van der Waals surface area contributed by atoms with Crippen LogP contribution in [0.3, 0.4) is 0 Å². The molecule has 10 heteroatoms. The number of hydrogen-bond acceptors (Lipinski definition) is 8. The minimum absolute atomic E-state index is 0. The third kappa shape index (κ3) is 15.8. The largest absolute Gasteiger partial charge is 1.00 e. The Bertz CT molecular complexity index is 3150. The molecule has 0 aliphatic heterocycles. The molecule has 0 aliphatic carbocycles. The third-order valence-electron chi connectivity index (χ3n) is 15.4. The SMILES string of the molecule is Cc1cccc(C(C)C)c1NC(C)c1cccc(C(C)Nc2c(C)cccc2C(C)C)n1.Cc1cccc(C(C)C)c1NC(C)c1cccc(C(C)Nc2c(C)cccc2C(C)C)n1.[Co+].[Co+].[O-]c1c([O-])c2ccccc2c2ccccc12. The van der Waals surface area contributed by atoms with E-state index in [4.69, 9.17) is 9.97 Å². The number of aryl methyl sites for hydroxylation is 4. The van der Waals surface area contributed by atoms with Gasteiger partial charge in [0.15, 0.2) is 0 Å². The molecule has 4 unspecified atom stereocenters. The van der Waals surface area contributed by atoms with Crippen LogP contribution in [0.15, 0.2) is 158 Å². The number of nitrogens with one attached hydrogen (secondary N) is 4. The van der Waals surface area contributed by atoms with Crippen molar-refractivity contribution in [3.05, 3.63) is 225 Å². The molecule has 7 aromatic carbocycles. The predicted octanol–water partition coefficient (Wildman–Crippen LogP) is 18.7. The van der Waals surface area contributed by atoms with E-state index in [1.165, 1.54) is 67.3 Å². The summed E-state index contributed by atoms with van der Waals surface area (Å²) in [6, 6.07) is 53.8. The van der Waals surface area contributed by atoms with Gasteiger partial charge in [0, 0.05) is 22.7 Å². The van der Waals surface area contributed by atoms with Gasteiger partial charge in [-0.25, -0.2) is 0 Å². The molecule has 434 valence electrons. The number of anilines is 4. The van der Waals surface area contributed by atoms with E-state index in [-0.39, 0.29) is 57.7 Å². The molecule has 0 bridgehead atoms. The average molecular weight is 1190 g/mol. The van der Waals surface area contributed by atoms with Crippen LogP contribution >= 0.6 is 0 Å². The van der Waals surface area contributed by atoms with Crippen LogP contribution in [0.25, 0.3) is 21.5 Å². The number of para-hydroxylation sites is 4. The van der Waals surface area contributed by atoms with Gasteiger partial charge in [-0.05, 0) is 169 Å². The molecule has 4 atom stereocenters. The number of nitrogens with zero attached hydrogens (tertiary/aromatic N) is 2. The summed E-state index contributed by atoms with van der Waals surface area (Å²) in [5.74, 6) is 1.06. The molecule has 8 nitrogen and oxygen atoms in total. The van der Waals surface area contributed by atoms with Gasteiger partial charge in [-0.15, -0.1) is 11.5 Å². The Kier molecular flexibility index (Phi) is 24.1. The van der Waals surface area contributed by atoms with E-state index in [0.717, 1.165) is 33.5 Å². The normalized spacial score (nSPS) is 12.5. The van der Waals surface area contributed by atoms with Crippen molar-refractivity contribution in [1.29, 1.82) is 0 Å². The van der Waals surface area contributed by atoms with Gasteiger partial charge in [0.2, 0.25) is 0 Å². The summed E-state index contributed by atoms with van der Waals surface area (Å²) >= 11 is 0. The Balaban J connectivity index is 0.000000234. The predicted molar refractivity (Wildman–Crippen MR) is 338 cm³/mol. The van der Waals surface area contributed by atoms with Crippen LogP contribution in [-0.4, -0.2) is 9.97 Å². The molecule has 2 heterocycles. The Hall–Kier alpha value is -6.83. The van der Waals surface area contributed by atoms with E-state index >= 15 is 0 Å². The standard InChI is InChI=1S/2C29H39N3.C14H10O2.2Co/c2*1-18(2)24-14-9-12-20(5)28(24)30-22(7)26-16-11-17-27(32-26)23(8)31-29-21(6)13-10-15-25(29)19(3)4;15-13-11-7-3-1-5-9(11)10-6-2-4-8-12(10)14(13)16;;/h2*9-19,22-23,30-31H,1-8H3;1-8,15-16H;;/q;;;2*+1/p-2. The molecule has 0 saturated carbocycles. The Morgan fingerprint density at radius 3 is 0.707 bits per heavy atom. The third-order valence-corrected chi connectivity index (χ3v) is 15.4. The van der Waals surface area contributed by atoms with E-state index in [1.807, 2.05) is 24.3 Å². The van der Waals surface area contributed by atoms with Gasteiger partial charge < -0.3 is 31.5 Å². The van der Waals surface area contributed by atoms with Gasteiger partial charge in [0.05, 0.1) is 46.9 Å². The van der Waals surface area contributed by atoms with Crippen molar-refractivity contribution in [2.45, 2.75) is 159 Å². The van der Waals surface area contributed by atoms with Crippen molar-refractivity contribution in [1.82, 2.24) is 9.97 Å². The molecule has 0 saturated heterocycles. The molecule has 2 aromatic heterocycles. The zero-order valence-electron chi connectivity index (χ0n) is 51.0. The van der Waals surface area contributed by atoms with Crippen molar-refractivity contribution < 1.29 is 43.8 Å². The smallest absolute Gasteiger partial charge is 0.872 e. The van der Waals surface area contributed by atoms with E-state index in [1.54, 1.807) is 24.3 Å². The van der Waals surface area contributed by atoms with Gasteiger partial charge in [-0.3, -0.25) is 9.97 Å². The molecular weight excluding hydrogens is 1100 g/mol. The molecule has 4 N–H and O–H groups in total. The molecule has 9 rings (SSSR count).